The summed E-state index contributed by atoms with van der Waals surface area (Å²) in [6.45, 7) is 4.49. The molecule has 0 atom stereocenters. The molecule has 0 spiro atoms. The van der Waals surface area contributed by atoms with Crippen LogP contribution in [-0.2, 0) is 0 Å². The quantitative estimate of drug-likeness (QED) is 0.139. The standard InChI is InChI=1S/C34H36B2N2/c1-25(2)30(23-35-33(37)31(26-15-7-3-8-16-26)27-17-9-4-10-18-27)24-36-34(38)32(28-19-11-5-12-20-28)29-21-13-6-14-22-29/h3-22,25,30-32,37-38H,23-24H2,1-2H3. The lowest BCUT2D eigenvalue weighted by Gasteiger charge is -2.25. The number of hydrogen-bond donors (Lipinski definition) is 2. The van der Waals surface area contributed by atoms with E-state index in [2.05, 4.69) is 76.9 Å². The highest BCUT2D eigenvalue weighted by molar-refractivity contribution is 6.77. The minimum absolute atomic E-state index is 0.0759. The first kappa shape index (κ1) is 27.4. The van der Waals surface area contributed by atoms with E-state index in [0.29, 0.717) is 23.1 Å². The lowest BCUT2D eigenvalue weighted by Crippen LogP contribution is -2.26. The maximum atomic E-state index is 9.06. The third kappa shape index (κ3) is 7.22. The summed E-state index contributed by atoms with van der Waals surface area (Å²) in [5.74, 6) is 0.651. The normalized spacial score (nSPS) is 11.9. The van der Waals surface area contributed by atoms with Crippen LogP contribution in [0.2, 0.25) is 12.6 Å². The van der Waals surface area contributed by atoms with Crippen LogP contribution in [0.3, 0.4) is 0 Å². The van der Waals surface area contributed by atoms with Crippen LogP contribution in [0, 0.1) is 22.7 Å². The summed E-state index contributed by atoms with van der Waals surface area (Å²) in [5, 5.41) is 18.1. The van der Waals surface area contributed by atoms with Gasteiger partial charge < -0.3 is 10.8 Å². The molecule has 0 aliphatic rings. The Bertz CT molecular complexity index is 1100. The van der Waals surface area contributed by atoms with E-state index in [0.717, 1.165) is 34.9 Å². The Hall–Kier alpha value is -3.65. The van der Waals surface area contributed by atoms with Gasteiger partial charge in [0, 0.05) is 11.8 Å². The molecule has 188 valence electrons. The Kier molecular flexibility index (Phi) is 9.92. The van der Waals surface area contributed by atoms with Gasteiger partial charge in [-0.15, -0.1) is 0 Å². The van der Waals surface area contributed by atoms with Crippen molar-refractivity contribution in [2.24, 2.45) is 11.8 Å². The minimum Gasteiger partial charge on any atom is -0.319 e. The highest BCUT2D eigenvalue weighted by atomic mass is 14.4. The van der Waals surface area contributed by atoms with Gasteiger partial charge in [-0.2, -0.15) is 0 Å². The summed E-state index contributed by atoms with van der Waals surface area (Å²) in [6, 6.07) is 41.4. The zero-order chi connectivity index (χ0) is 26.7. The Labute approximate surface area is 230 Å². The van der Waals surface area contributed by atoms with Gasteiger partial charge in [0.1, 0.15) is 0 Å². The van der Waals surface area contributed by atoms with Crippen LogP contribution in [-0.4, -0.2) is 25.8 Å². The largest absolute Gasteiger partial charge is 0.319 e. The molecule has 4 aromatic carbocycles. The van der Waals surface area contributed by atoms with E-state index in [1.54, 1.807) is 0 Å². The summed E-state index contributed by atoms with van der Waals surface area (Å²) in [7, 11) is 4.22. The van der Waals surface area contributed by atoms with Gasteiger partial charge in [0.15, 0.2) is 14.6 Å². The number of benzene rings is 4. The van der Waals surface area contributed by atoms with Crippen LogP contribution >= 0.6 is 0 Å². The van der Waals surface area contributed by atoms with Gasteiger partial charge in [-0.3, -0.25) is 0 Å². The highest BCUT2D eigenvalue weighted by Gasteiger charge is 2.25. The average Bonchev–Trinajstić information content (AvgIpc) is 2.95. The fourth-order valence-corrected chi connectivity index (χ4v) is 5.12. The molecule has 0 bridgehead atoms. The molecule has 2 radical (unpaired) electrons. The van der Waals surface area contributed by atoms with Crippen molar-refractivity contribution in [3.05, 3.63) is 144 Å². The number of hydrogen-bond acceptors (Lipinski definition) is 2. The lowest BCUT2D eigenvalue weighted by atomic mass is 9.52. The number of nitrogens with one attached hydrogen (secondary N) is 2. The summed E-state index contributed by atoms with van der Waals surface area (Å²) in [4.78, 5) is 0. The van der Waals surface area contributed by atoms with E-state index in [1.165, 1.54) is 0 Å². The van der Waals surface area contributed by atoms with Gasteiger partial charge in [0.25, 0.3) is 0 Å². The van der Waals surface area contributed by atoms with E-state index in [-0.39, 0.29) is 11.8 Å². The van der Waals surface area contributed by atoms with Crippen LogP contribution in [0.5, 0.6) is 0 Å². The van der Waals surface area contributed by atoms with Crippen LogP contribution in [0.1, 0.15) is 47.9 Å². The van der Waals surface area contributed by atoms with E-state index >= 15 is 0 Å². The van der Waals surface area contributed by atoms with Crippen molar-refractivity contribution in [1.82, 2.24) is 0 Å². The molecule has 0 saturated heterocycles. The molecule has 0 heterocycles. The second-order valence-corrected chi connectivity index (χ2v) is 10.3. The molecular weight excluding hydrogens is 458 g/mol. The first-order valence-electron chi connectivity index (χ1n) is 13.6. The lowest BCUT2D eigenvalue weighted by molar-refractivity contribution is 0.455. The highest BCUT2D eigenvalue weighted by Crippen LogP contribution is 2.29. The predicted molar refractivity (Wildman–Crippen MR) is 164 cm³/mol. The zero-order valence-electron chi connectivity index (χ0n) is 22.4. The van der Waals surface area contributed by atoms with Crippen molar-refractivity contribution in [2.45, 2.75) is 38.3 Å². The predicted octanol–water partition coefficient (Wildman–Crippen LogP) is 8.12. The second kappa shape index (κ2) is 13.8. The zero-order valence-corrected chi connectivity index (χ0v) is 22.4. The van der Waals surface area contributed by atoms with Crippen LogP contribution < -0.4 is 0 Å². The van der Waals surface area contributed by atoms with Crippen LogP contribution in [0.4, 0.5) is 0 Å². The molecular formula is C34H36B2N2. The molecule has 0 aliphatic heterocycles. The summed E-state index contributed by atoms with van der Waals surface area (Å²) in [5.41, 5.74) is 5.83. The smallest absolute Gasteiger partial charge is 0.172 e. The van der Waals surface area contributed by atoms with Gasteiger partial charge in [-0.1, -0.05) is 154 Å². The first-order valence-corrected chi connectivity index (χ1v) is 13.6. The molecule has 0 amide bonds. The maximum Gasteiger partial charge on any atom is 0.172 e. The Morgan fingerprint density at radius 1 is 0.500 bits per heavy atom. The molecule has 38 heavy (non-hydrogen) atoms. The van der Waals surface area contributed by atoms with Gasteiger partial charge in [0.2, 0.25) is 0 Å². The molecule has 2 nitrogen and oxygen atoms in total. The molecule has 4 heteroatoms. The third-order valence-electron chi connectivity index (χ3n) is 7.38. The SMILES string of the molecule is CC(C)C(C[B]C(=N)C(c1ccccc1)c1ccccc1)C[B]C(=N)C(c1ccccc1)c1ccccc1. The molecule has 0 aliphatic carbocycles. The molecule has 4 aromatic rings. The molecule has 0 aromatic heterocycles. The fraction of sp³-hybridized carbons (Fsp3) is 0.235. The molecule has 0 fully saturated rings. The average molecular weight is 494 g/mol. The summed E-state index contributed by atoms with van der Waals surface area (Å²) in [6.07, 6.45) is 1.63. The van der Waals surface area contributed by atoms with Crippen molar-refractivity contribution in [3.8, 4) is 0 Å². The van der Waals surface area contributed by atoms with Crippen LogP contribution in [0.15, 0.2) is 121 Å². The monoisotopic (exact) mass is 494 g/mol. The van der Waals surface area contributed by atoms with E-state index in [9.17, 15) is 0 Å². The fourth-order valence-electron chi connectivity index (χ4n) is 5.12. The Morgan fingerprint density at radius 2 is 0.763 bits per heavy atom. The van der Waals surface area contributed by atoms with Gasteiger partial charge in [-0.25, -0.2) is 0 Å². The van der Waals surface area contributed by atoms with Crippen molar-refractivity contribution in [2.75, 3.05) is 0 Å². The van der Waals surface area contributed by atoms with E-state index in [1.807, 2.05) is 72.8 Å². The number of rotatable bonds is 13. The van der Waals surface area contributed by atoms with E-state index < -0.39 is 0 Å². The third-order valence-corrected chi connectivity index (χ3v) is 7.38. The first-order chi connectivity index (χ1) is 18.5. The van der Waals surface area contributed by atoms with E-state index in [4.69, 9.17) is 10.8 Å². The minimum atomic E-state index is -0.0759. The maximum absolute atomic E-state index is 9.06. The molecule has 0 saturated carbocycles. The second-order valence-electron chi connectivity index (χ2n) is 10.3. The van der Waals surface area contributed by atoms with Gasteiger partial charge >= 0.3 is 0 Å². The molecule has 0 unspecified atom stereocenters. The molecule has 4 rings (SSSR count). The Morgan fingerprint density at radius 3 is 1.00 bits per heavy atom. The van der Waals surface area contributed by atoms with Crippen molar-refractivity contribution in [1.29, 1.82) is 10.8 Å². The Balaban J connectivity index is 1.45. The summed E-state index contributed by atoms with van der Waals surface area (Å²) < 4.78 is 0. The topological polar surface area (TPSA) is 47.7 Å². The molecule has 2 N–H and O–H groups in total. The summed E-state index contributed by atoms with van der Waals surface area (Å²) >= 11 is 0. The van der Waals surface area contributed by atoms with Crippen molar-refractivity contribution < 1.29 is 0 Å². The van der Waals surface area contributed by atoms with Crippen molar-refractivity contribution in [3.63, 3.8) is 0 Å². The van der Waals surface area contributed by atoms with Gasteiger partial charge in [0.05, 0.1) is 0 Å². The van der Waals surface area contributed by atoms with Crippen molar-refractivity contribution >= 4 is 25.8 Å². The van der Waals surface area contributed by atoms with Gasteiger partial charge in [-0.05, 0) is 39.4 Å². The van der Waals surface area contributed by atoms with Crippen LogP contribution in [0.25, 0.3) is 0 Å².